The molecule has 36 heavy (non-hydrogen) atoms. The van der Waals surface area contributed by atoms with E-state index < -0.39 is 5.97 Å². The van der Waals surface area contributed by atoms with E-state index in [1.54, 1.807) is 48.5 Å². The van der Waals surface area contributed by atoms with E-state index in [1.165, 1.54) is 10.9 Å². The van der Waals surface area contributed by atoms with Crippen LogP contribution in [0.3, 0.4) is 0 Å². The van der Waals surface area contributed by atoms with Crippen LogP contribution in [0.25, 0.3) is 22.3 Å². The van der Waals surface area contributed by atoms with Gasteiger partial charge in [0.1, 0.15) is 5.75 Å². The standard InChI is InChI=1S/C29H20ClN3O3/c1-19-11-13-21(14-12-19)29(35)36-26-16-15-23(30)17-22(26)18-31-33-27(20-7-3-2-4-8-20)32-25-10-6-5-9-24(25)28(33)34/h2-18H,1H3. The summed E-state index contributed by atoms with van der Waals surface area (Å²) in [4.78, 5) is 30.8. The van der Waals surface area contributed by atoms with Gasteiger partial charge >= 0.3 is 5.97 Å². The van der Waals surface area contributed by atoms with Gasteiger partial charge in [0.25, 0.3) is 5.56 Å². The molecule has 5 aromatic rings. The molecule has 0 atom stereocenters. The van der Waals surface area contributed by atoms with E-state index in [2.05, 4.69) is 5.10 Å². The SMILES string of the molecule is Cc1ccc(C(=O)Oc2ccc(Cl)cc2C=Nn2c(-c3ccccc3)nc3ccccc3c2=O)cc1. The number of ether oxygens (including phenoxy) is 1. The van der Waals surface area contributed by atoms with Gasteiger partial charge in [0.05, 0.1) is 22.7 Å². The molecule has 5 rings (SSSR count). The average Bonchev–Trinajstić information content (AvgIpc) is 2.90. The molecule has 0 aliphatic heterocycles. The predicted molar refractivity (Wildman–Crippen MR) is 142 cm³/mol. The fourth-order valence-electron chi connectivity index (χ4n) is 3.69. The Hall–Kier alpha value is -4.55. The number of benzene rings is 4. The van der Waals surface area contributed by atoms with Gasteiger partial charge in [-0.2, -0.15) is 9.78 Å². The number of esters is 1. The van der Waals surface area contributed by atoms with E-state index in [-0.39, 0.29) is 11.3 Å². The molecule has 0 amide bonds. The monoisotopic (exact) mass is 493 g/mol. The van der Waals surface area contributed by atoms with Gasteiger partial charge in [-0.25, -0.2) is 9.78 Å². The molecule has 0 unspecified atom stereocenters. The van der Waals surface area contributed by atoms with E-state index in [1.807, 2.05) is 55.5 Å². The second-order valence-corrected chi connectivity index (χ2v) is 8.55. The van der Waals surface area contributed by atoms with Crippen molar-refractivity contribution < 1.29 is 9.53 Å². The normalized spacial score (nSPS) is 11.2. The Labute approximate surface area is 212 Å². The van der Waals surface area contributed by atoms with Gasteiger partial charge in [-0.15, -0.1) is 0 Å². The third-order valence-corrected chi connectivity index (χ3v) is 5.79. The molecule has 0 saturated carbocycles. The van der Waals surface area contributed by atoms with Crippen molar-refractivity contribution in [3.63, 3.8) is 0 Å². The fraction of sp³-hybridized carbons (Fsp3) is 0.0345. The number of nitrogens with zero attached hydrogens (tertiary/aromatic N) is 3. The van der Waals surface area contributed by atoms with Crippen molar-refractivity contribution in [2.24, 2.45) is 5.10 Å². The number of carbonyl (C=O) groups is 1. The lowest BCUT2D eigenvalue weighted by Crippen LogP contribution is -2.20. The van der Waals surface area contributed by atoms with E-state index >= 15 is 0 Å². The molecule has 4 aromatic carbocycles. The van der Waals surface area contributed by atoms with Gasteiger partial charge < -0.3 is 4.74 Å². The zero-order valence-electron chi connectivity index (χ0n) is 19.3. The lowest BCUT2D eigenvalue weighted by molar-refractivity contribution is 0.0734. The quantitative estimate of drug-likeness (QED) is 0.168. The molecule has 0 saturated heterocycles. The van der Waals surface area contributed by atoms with Gasteiger partial charge in [0, 0.05) is 16.1 Å². The molecule has 0 N–H and O–H groups in total. The Morgan fingerprint density at radius 2 is 1.67 bits per heavy atom. The van der Waals surface area contributed by atoms with Crippen molar-refractivity contribution in [3.05, 3.63) is 129 Å². The second-order valence-electron chi connectivity index (χ2n) is 8.12. The van der Waals surface area contributed by atoms with Crippen LogP contribution >= 0.6 is 11.6 Å². The van der Waals surface area contributed by atoms with Crippen molar-refractivity contribution in [2.45, 2.75) is 6.92 Å². The average molecular weight is 494 g/mol. The van der Waals surface area contributed by atoms with Crippen LogP contribution in [0.5, 0.6) is 5.75 Å². The Balaban J connectivity index is 1.58. The molecule has 6 nitrogen and oxygen atoms in total. The summed E-state index contributed by atoms with van der Waals surface area (Å²) in [5.41, 5.74) is 2.87. The summed E-state index contributed by atoms with van der Waals surface area (Å²) < 4.78 is 6.88. The highest BCUT2D eigenvalue weighted by Gasteiger charge is 2.14. The smallest absolute Gasteiger partial charge is 0.343 e. The Bertz CT molecular complexity index is 1660. The number of hydrogen-bond acceptors (Lipinski definition) is 5. The van der Waals surface area contributed by atoms with Crippen LogP contribution in [0.2, 0.25) is 5.02 Å². The molecule has 176 valence electrons. The molecular weight excluding hydrogens is 474 g/mol. The molecule has 7 heteroatoms. The highest BCUT2D eigenvalue weighted by molar-refractivity contribution is 6.31. The lowest BCUT2D eigenvalue weighted by Gasteiger charge is -2.11. The van der Waals surface area contributed by atoms with E-state index in [0.29, 0.717) is 32.9 Å². The summed E-state index contributed by atoms with van der Waals surface area (Å²) in [6, 6.07) is 28.3. The first-order chi connectivity index (χ1) is 17.5. The molecule has 0 spiro atoms. The van der Waals surface area contributed by atoms with E-state index in [4.69, 9.17) is 21.3 Å². The molecule has 0 aliphatic carbocycles. The van der Waals surface area contributed by atoms with Crippen LogP contribution in [-0.4, -0.2) is 21.8 Å². The number of aromatic nitrogens is 2. The number of fused-ring (bicyclic) bond motifs is 1. The minimum absolute atomic E-state index is 0.261. The fourth-order valence-corrected chi connectivity index (χ4v) is 3.87. The van der Waals surface area contributed by atoms with Crippen LogP contribution < -0.4 is 10.3 Å². The Morgan fingerprint density at radius 3 is 2.44 bits per heavy atom. The van der Waals surface area contributed by atoms with Gasteiger partial charge in [0.15, 0.2) is 5.82 Å². The molecule has 0 aliphatic rings. The molecule has 0 fully saturated rings. The third kappa shape index (κ3) is 4.80. The van der Waals surface area contributed by atoms with Crippen molar-refractivity contribution in [2.75, 3.05) is 0 Å². The zero-order valence-corrected chi connectivity index (χ0v) is 20.0. The van der Waals surface area contributed by atoms with Gasteiger partial charge in [-0.05, 0) is 49.4 Å². The molecular formula is C29H20ClN3O3. The van der Waals surface area contributed by atoms with Crippen LogP contribution in [0, 0.1) is 6.92 Å². The summed E-state index contributed by atoms with van der Waals surface area (Å²) >= 11 is 6.22. The number of halogens is 1. The summed E-state index contributed by atoms with van der Waals surface area (Å²) in [5, 5.41) is 5.33. The summed E-state index contributed by atoms with van der Waals surface area (Å²) in [7, 11) is 0. The van der Waals surface area contributed by atoms with Crippen LogP contribution in [0.4, 0.5) is 0 Å². The number of carbonyl (C=O) groups excluding carboxylic acids is 1. The minimum Gasteiger partial charge on any atom is -0.422 e. The van der Waals surface area contributed by atoms with Crippen molar-refractivity contribution >= 4 is 34.7 Å². The lowest BCUT2D eigenvalue weighted by atomic mass is 10.1. The van der Waals surface area contributed by atoms with Crippen molar-refractivity contribution in [1.29, 1.82) is 0 Å². The Kier molecular flexibility index (Phi) is 6.43. The first-order valence-corrected chi connectivity index (χ1v) is 11.6. The largest absolute Gasteiger partial charge is 0.422 e. The summed E-state index contributed by atoms with van der Waals surface area (Å²) in [6.45, 7) is 1.94. The van der Waals surface area contributed by atoms with Gasteiger partial charge in [0.2, 0.25) is 0 Å². The van der Waals surface area contributed by atoms with E-state index in [9.17, 15) is 9.59 Å². The maximum atomic E-state index is 13.4. The maximum Gasteiger partial charge on any atom is 0.343 e. The highest BCUT2D eigenvalue weighted by Crippen LogP contribution is 2.24. The first-order valence-electron chi connectivity index (χ1n) is 11.2. The van der Waals surface area contributed by atoms with Crippen molar-refractivity contribution in [3.8, 4) is 17.1 Å². The predicted octanol–water partition coefficient (Wildman–Crippen LogP) is 6.13. The first kappa shape index (κ1) is 23.2. The second kappa shape index (κ2) is 9.98. The molecule has 0 radical (unpaired) electrons. The summed E-state index contributed by atoms with van der Waals surface area (Å²) in [5.74, 6) is 0.133. The molecule has 0 bridgehead atoms. The van der Waals surface area contributed by atoms with Gasteiger partial charge in [-0.1, -0.05) is 71.8 Å². The number of rotatable bonds is 5. The third-order valence-electron chi connectivity index (χ3n) is 5.56. The topological polar surface area (TPSA) is 73.5 Å². The van der Waals surface area contributed by atoms with Crippen molar-refractivity contribution in [1.82, 2.24) is 9.66 Å². The van der Waals surface area contributed by atoms with Crippen LogP contribution in [0.15, 0.2) is 107 Å². The maximum absolute atomic E-state index is 13.4. The number of hydrogen-bond donors (Lipinski definition) is 0. The molecule has 1 aromatic heterocycles. The highest BCUT2D eigenvalue weighted by atomic mass is 35.5. The summed E-state index contributed by atoms with van der Waals surface area (Å²) in [6.07, 6.45) is 1.44. The minimum atomic E-state index is -0.513. The number of para-hydroxylation sites is 1. The van der Waals surface area contributed by atoms with Crippen LogP contribution in [-0.2, 0) is 0 Å². The Morgan fingerprint density at radius 1 is 0.944 bits per heavy atom. The zero-order chi connectivity index (χ0) is 25.1. The molecule has 1 heterocycles. The van der Waals surface area contributed by atoms with Gasteiger partial charge in [-0.3, -0.25) is 4.79 Å². The van der Waals surface area contributed by atoms with Crippen LogP contribution in [0.1, 0.15) is 21.5 Å². The van der Waals surface area contributed by atoms with E-state index in [0.717, 1.165) is 11.1 Å². The number of aryl methyl sites for hydroxylation is 1.